The van der Waals surface area contributed by atoms with Crippen molar-refractivity contribution in [2.45, 2.75) is 44.2 Å². The summed E-state index contributed by atoms with van der Waals surface area (Å²) in [7, 11) is -4.54. The Morgan fingerprint density at radius 1 is 1.33 bits per heavy atom. The van der Waals surface area contributed by atoms with E-state index in [0.29, 0.717) is 6.42 Å². The summed E-state index contributed by atoms with van der Waals surface area (Å²) in [6.07, 6.45) is 2.83. The molecule has 104 valence electrons. The number of carbonyl (C=O) groups excluding carboxylic acids is 1. The molecule has 0 aromatic rings. The van der Waals surface area contributed by atoms with E-state index in [0.717, 1.165) is 19.3 Å². The van der Waals surface area contributed by atoms with Crippen molar-refractivity contribution in [1.29, 1.82) is 0 Å². The van der Waals surface area contributed by atoms with E-state index in [9.17, 15) is 22.2 Å². The molecule has 2 aliphatic rings. The van der Waals surface area contributed by atoms with Crippen LogP contribution in [0.1, 0.15) is 32.1 Å². The van der Waals surface area contributed by atoms with Gasteiger partial charge in [-0.25, -0.2) is 0 Å². The lowest BCUT2D eigenvalue weighted by Gasteiger charge is -2.35. The molecular formula is C11H18FNO4S. The molecule has 7 heteroatoms. The van der Waals surface area contributed by atoms with Gasteiger partial charge < -0.3 is 10.0 Å². The van der Waals surface area contributed by atoms with Crippen molar-refractivity contribution in [3.8, 4) is 0 Å². The Labute approximate surface area is 106 Å². The van der Waals surface area contributed by atoms with Gasteiger partial charge in [-0.15, -0.1) is 3.89 Å². The van der Waals surface area contributed by atoms with Crippen LogP contribution in [0.5, 0.6) is 0 Å². The molecule has 18 heavy (non-hydrogen) atoms. The molecule has 2 rings (SSSR count). The SMILES string of the molecule is O=C1CC(CS(=O)(=O)F)CN1[C@H]1CCCC[C@@H]1O. The average molecular weight is 279 g/mol. The first-order valence-corrected chi connectivity index (χ1v) is 7.82. The number of carbonyl (C=O) groups is 1. The van der Waals surface area contributed by atoms with Crippen LogP contribution in [0.25, 0.3) is 0 Å². The van der Waals surface area contributed by atoms with Crippen molar-refractivity contribution in [3.05, 3.63) is 0 Å². The van der Waals surface area contributed by atoms with Gasteiger partial charge in [-0.05, 0) is 12.8 Å². The molecule has 0 radical (unpaired) electrons. The second-order valence-corrected chi connectivity index (χ2v) is 6.65. The molecule has 1 aliphatic carbocycles. The normalized spacial score (nSPS) is 34.0. The predicted octanol–water partition coefficient (Wildman–Crippen LogP) is 0.438. The highest BCUT2D eigenvalue weighted by atomic mass is 32.3. The van der Waals surface area contributed by atoms with Crippen LogP contribution in [-0.4, -0.2) is 48.8 Å². The number of rotatable bonds is 3. The van der Waals surface area contributed by atoms with Crippen LogP contribution in [0, 0.1) is 5.92 Å². The zero-order valence-electron chi connectivity index (χ0n) is 10.1. The van der Waals surface area contributed by atoms with Crippen LogP contribution < -0.4 is 0 Å². The Hall–Kier alpha value is -0.690. The molecule has 0 spiro atoms. The third-order valence-electron chi connectivity index (χ3n) is 3.77. The van der Waals surface area contributed by atoms with Gasteiger partial charge in [0.25, 0.3) is 0 Å². The Kier molecular flexibility index (Phi) is 3.91. The Bertz CT molecular complexity index is 425. The third-order valence-corrected chi connectivity index (χ3v) is 4.64. The number of aliphatic hydroxyl groups is 1. The van der Waals surface area contributed by atoms with Crippen molar-refractivity contribution < 1.29 is 22.2 Å². The fourth-order valence-electron chi connectivity index (χ4n) is 2.98. The number of hydrogen-bond acceptors (Lipinski definition) is 4. The van der Waals surface area contributed by atoms with E-state index >= 15 is 0 Å². The van der Waals surface area contributed by atoms with Gasteiger partial charge in [-0.2, -0.15) is 8.42 Å². The first-order valence-electron chi connectivity index (χ1n) is 6.26. The van der Waals surface area contributed by atoms with Gasteiger partial charge in [0.1, 0.15) is 0 Å². The van der Waals surface area contributed by atoms with Gasteiger partial charge in [0.15, 0.2) is 0 Å². The van der Waals surface area contributed by atoms with E-state index in [-0.39, 0.29) is 24.9 Å². The summed E-state index contributed by atoms with van der Waals surface area (Å²) in [5.74, 6) is -1.26. The molecule has 1 amide bonds. The lowest BCUT2D eigenvalue weighted by molar-refractivity contribution is -0.133. The van der Waals surface area contributed by atoms with Gasteiger partial charge in [0.05, 0.1) is 17.9 Å². The molecule has 1 unspecified atom stereocenters. The second-order valence-electron chi connectivity index (χ2n) is 5.24. The van der Waals surface area contributed by atoms with Crippen LogP contribution in [-0.2, 0) is 15.0 Å². The third kappa shape index (κ3) is 3.20. The zero-order chi connectivity index (χ0) is 13.3. The molecule has 5 nitrogen and oxygen atoms in total. The minimum absolute atomic E-state index is 0.0619. The minimum Gasteiger partial charge on any atom is -0.391 e. The van der Waals surface area contributed by atoms with Gasteiger partial charge >= 0.3 is 10.2 Å². The molecule has 1 saturated heterocycles. The van der Waals surface area contributed by atoms with E-state index in [1.165, 1.54) is 0 Å². The monoisotopic (exact) mass is 279 g/mol. The molecule has 1 N–H and O–H groups in total. The van der Waals surface area contributed by atoms with E-state index in [2.05, 4.69) is 0 Å². The van der Waals surface area contributed by atoms with Gasteiger partial charge in [0.2, 0.25) is 5.91 Å². The highest BCUT2D eigenvalue weighted by molar-refractivity contribution is 7.86. The molecule has 2 fully saturated rings. The molecule has 0 aromatic heterocycles. The molecule has 1 heterocycles. The summed E-state index contributed by atoms with van der Waals surface area (Å²) in [6.45, 7) is 0.240. The van der Waals surface area contributed by atoms with Crippen LogP contribution in [0.15, 0.2) is 0 Å². The van der Waals surface area contributed by atoms with E-state index in [4.69, 9.17) is 0 Å². The highest BCUT2D eigenvalue weighted by Gasteiger charge is 2.39. The summed E-state index contributed by atoms with van der Waals surface area (Å²) in [5, 5.41) is 9.88. The van der Waals surface area contributed by atoms with Gasteiger partial charge in [-0.3, -0.25) is 4.79 Å². The van der Waals surface area contributed by atoms with Crippen LogP contribution in [0.4, 0.5) is 3.89 Å². The standard InChI is InChI=1S/C11H18FNO4S/c12-18(16,17)7-8-5-11(15)13(6-8)9-3-1-2-4-10(9)14/h8-10,14H,1-7H2/t8?,9-,10-/m0/s1. The fraction of sp³-hybridized carbons (Fsp3) is 0.909. The fourth-order valence-corrected chi connectivity index (χ4v) is 3.76. The average Bonchev–Trinajstić information content (AvgIpc) is 2.57. The zero-order valence-corrected chi connectivity index (χ0v) is 10.9. The maximum absolute atomic E-state index is 12.6. The summed E-state index contributed by atoms with van der Waals surface area (Å²) >= 11 is 0. The molecular weight excluding hydrogens is 261 g/mol. The smallest absolute Gasteiger partial charge is 0.302 e. The number of likely N-dealkylation sites (tertiary alicyclic amines) is 1. The van der Waals surface area contributed by atoms with Crippen LogP contribution in [0.2, 0.25) is 0 Å². The van der Waals surface area contributed by atoms with Crippen LogP contribution >= 0.6 is 0 Å². The van der Waals surface area contributed by atoms with E-state index < -0.39 is 28.0 Å². The largest absolute Gasteiger partial charge is 0.391 e. The molecule has 1 aliphatic heterocycles. The Balaban J connectivity index is 2.00. The van der Waals surface area contributed by atoms with Crippen LogP contribution in [0.3, 0.4) is 0 Å². The topological polar surface area (TPSA) is 74.7 Å². The second kappa shape index (κ2) is 5.13. The lowest BCUT2D eigenvalue weighted by atomic mass is 9.91. The highest BCUT2D eigenvalue weighted by Crippen LogP contribution is 2.29. The molecule has 0 aromatic carbocycles. The van der Waals surface area contributed by atoms with E-state index in [1.807, 2.05) is 0 Å². The Morgan fingerprint density at radius 2 is 2.00 bits per heavy atom. The molecule has 3 atom stereocenters. The van der Waals surface area contributed by atoms with Crippen molar-refractivity contribution in [3.63, 3.8) is 0 Å². The number of aliphatic hydroxyl groups excluding tert-OH is 1. The number of halogens is 1. The summed E-state index contributed by atoms with van der Waals surface area (Å²) in [4.78, 5) is 13.4. The lowest BCUT2D eigenvalue weighted by Crippen LogP contribution is -2.46. The maximum Gasteiger partial charge on any atom is 0.302 e. The predicted molar refractivity (Wildman–Crippen MR) is 63.0 cm³/mol. The van der Waals surface area contributed by atoms with Crippen molar-refractivity contribution in [2.75, 3.05) is 12.3 Å². The molecule has 0 bridgehead atoms. The van der Waals surface area contributed by atoms with Crippen molar-refractivity contribution in [2.24, 2.45) is 5.92 Å². The number of amides is 1. The van der Waals surface area contributed by atoms with Gasteiger partial charge in [0, 0.05) is 18.9 Å². The first kappa shape index (κ1) is 13.7. The quantitative estimate of drug-likeness (QED) is 0.761. The summed E-state index contributed by atoms with van der Waals surface area (Å²) < 4.78 is 33.8. The minimum atomic E-state index is -4.54. The first-order chi connectivity index (χ1) is 8.37. The Morgan fingerprint density at radius 3 is 2.61 bits per heavy atom. The summed E-state index contributed by atoms with van der Waals surface area (Å²) in [6, 6.07) is -0.224. The number of hydrogen-bond donors (Lipinski definition) is 1. The van der Waals surface area contributed by atoms with Crippen molar-refractivity contribution >= 4 is 16.1 Å². The maximum atomic E-state index is 12.6. The van der Waals surface area contributed by atoms with Gasteiger partial charge in [-0.1, -0.05) is 12.8 Å². The molecule has 1 saturated carbocycles. The van der Waals surface area contributed by atoms with Crippen molar-refractivity contribution in [1.82, 2.24) is 4.90 Å². The number of nitrogens with zero attached hydrogens (tertiary/aromatic N) is 1. The summed E-state index contributed by atoms with van der Waals surface area (Å²) in [5.41, 5.74) is 0. The van der Waals surface area contributed by atoms with E-state index in [1.54, 1.807) is 4.90 Å².